The number of halogens is 2. The van der Waals surface area contributed by atoms with Crippen molar-refractivity contribution in [2.45, 2.75) is 19.8 Å². The Labute approximate surface area is 131 Å². The maximum Gasteiger partial charge on any atom is 0.303 e. The largest absolute Gasteiger partial charge is 0.482 e. The zero-order valence-corrected chi connectivity index (χ0v) is 12.7. The number of hydrogen-bond donors (Lipinski definition) is 2. The van der Waals surface area contributed by atoms with Crippen molar-refractivity contribution in [3.8, 4) is 5.75 Å². The number of benzene rings is 1. The van der Waals surface area contributed by atoms with Crippen LogP contribution in [0.1, 0.15) is 19.8 Å². The van der Waals surface area contributed by atoms with Gasteiger partial charge in [-0.2, -0.15) is 5.10 Å². The average molecular weight is 333 g/mol. The Morgan fingerprint density at radius 3 is 2.67 bits per heavy atom. The Kier molecular flexibility index (Phi) is 6.98. The minimum absolute atomic E-state index is 0.0396. The van der Waals surface area contributed by atoms with Crippen molar-refractivity contribution in [3.63, 3.8) is 0 Å². The van der Waals surface area contributed by atoms with Crippen molar-refractivity contribution in [2.75, 3.05) is 6.61 Å². The summed E-state index contributed by atoms with van der Waals surface area (Å²) in [7, 11) is 0. The fraction of sp³-hybridized carbons (Fsp3) is 0.308. The number of hydrogen-bond acceptors (Lipinski definition) is 4. The number of carboxylic acids is 1. The van der Waals surface area contributed by atoms with Gasteiger partial charge in [0.25, 0.3) is 5.91 Å². The van der Waals surface area contributed by atoms with Crippen LogP contribution in [0.2, 0.25) is 10.0 Å². The average Bonchev–Trinajstić information content (AvgIpc) is 2.41. The molecule has 1 rings (SSSR count). The molecule has 21 heavy (non-hydrogen) atoms. The maximum atomic E-state index is 11.5. The molecule has 0 spiro atoms. The highest BCUT2D eigenvalue weighted by molar-refractivity contribution is 6.35. The number of ether oxygens (including phenoxy) is 1. The van der Waals surface area contributed by atoms with Gasteiger partial charge in [0, 0.05) is 10.7 Å². The molecule has 0 radical (unpaired) electrons. The molecular formula is C13H14Cl2N2O4. The molecule has 0 saturated heterocycles. The summed E-state index contributed by atoms with van der Waals surface area (Å²) in [5.41, 5.74) is 2.78. The van der Waals surface area contributed by atoms with Crippen molar-refractivity contribution in [3.05, 3.63) is 28.2 Å². The zero-order valence-electron chi connectivity index (χ0n) is 11.2. The third-order valence-electron chi connectivity index (χ3n) is 2.32. The second kappa shape index (κ2) is 8.49. The Bertz CT molecular complexity index is 561. The standard InChI is InChI=1S/C13H14Cl2N2O4/c1-8(2-5-13(19)20)16-17-12(18)7-21-11-4-3-9(14)6-10(11)15/h3-4,6H,2,5,7H2,1H3,(H,17,18)(H,19,20)/b16-8-. The van der Waals surface area contributed by atoms with Crippen molar-refractivity contribution in [1.29, 1.82) is 0 Å². The summed E-state index contributed by atoms with van der Waals surface area (Å²) in [5.74, 6) is -1.06. The lowest BCUT2D eigenvalue weighted by Crippen LogP contribution is -2.25. The smallest absolute Gasteiger partial charge is 0.303 e. The lowest BCUT2D eigenvalue weighted by molar-refractivity contribution is -0.136. The summed E-state index contributed by atoms with van der Waals surface area (Å²) in [6.45, 7) is 1.36. The van der Waals surface area contributed by atoms with Gasteiger partial charge in [0.15, 0.2) is 6.61 Å². The number of nitrogens with one attached hydrogen (secondary N) is 1. The maximum absolute atomic E-state index is 11.5. The monoisotopic (exact) mass is 332 g/mol. The van der Waals surface area contributed by atoms with E-state index in [4.69, 9.17) is 33.0 Å². The predicted octanol–water partition coefficient (Wildman–Crippen LogP) is 2.73. The van der Waals surface area contributed by atoms with E-state index in [-0.39, 0.29) is 19.4 Å². The van der Waals surface area contributed by atoms with Crippen LogP contribution in [-0.2, 0) is 9.59 Å². The van der Waals surface area contributed by atoms with Crippen LogP contribution in [0.5, 0.6) is 5.75 Å². The predicted molar refractivity (Wildman–Crippen MR) is 80.1 cm³/mol. The van der Waals surface area contributed by atoms with Gasteiger partial charge in [-0.15, -0.1) is 0 Å². The van der Waals surface area contributed by atoms with E-state index in [1.807, 2.05) is 0 Å². The van der Waals surface area contributed by atoms with E-state index < -0.39 is 11.9 Å². The minimum Gasteiger partial charge on any atom is -0.482 e. The van der Waals surface area contributed by atoms with E-state index in [0.29, 0.717) is 21.5 Å². The van der Waals surface area contributed by atoms with Crippen molar-refractivity contribution >= 4 is 40.8 Å². The number of amides is 1. The van der Waals surface area contributed by atoms with E-state index in [1.54, 1.807) is 19.1 Å². The molecule has 0 unspecified atom stereocenters. The molecule has 1 aromatic carbocycles. The molecule has 114 valence electrons. The van der Waals surface area contributed by atoms with Crippen LogP contribution >= 0.6 is 23.2 Å². The van der Waals surface area contributed by atoms with Gasteiger partial charge in [-0.05, 0) is 31.5 Å². The molecule has 2 N–H and O–H groups in total. The topological polar surface area (TPSA) is 88.0 Å². The van der Waals surface area contributed by atoms with E-state index in [1.165, 1.54) is 6.07 Å². The molecule has 0 bridgehead atoms. The first-order valence-corrected chi connectivity index (χ1v) is 6.75. The highest BCUT2D eigenvalue weighted by Gasteiger charge is 2.06. The van der Waals surface area contributed by atoms with Crippen LogP contribution in [0, 0.1) is 0 Å². The van der Waals surface area contributed by atoms with Crippen LogP contribution in [0.4, 0.5) is 0 Å². The van der Waals surface area contributed by atoms with Gasteiger partial charge in [-0.3, -0.25) is 9.59 Å². The Morgan fingerprint density at radius 1 is 1.33 bits per heavy atom. The fourth-order valence-corrected chi connectivity index (χ4v) is 1.73. The molecule has 1 aromatic rings. The second-order valence-corrected chi connectivity index (χ2v) is 4.98. The minimum atomic E-state index is -0.920. The van der Waals surface area contributed by atoms with Crippen molar-refractivity contribution in [1.82, 2.24) is 5.43 Å². The molecule has 8 heteroatoms. The SMILES string of the molecule is C/C(CCC(=O)O)=N/NC(=O)COc1ccc(Cl)cc1Cl. The number of aliphatic carboxylic acids is 1. The van der Waals surface area contributed by atoms with Gasteiger partial charge in [-0.1, -0.05) is 23.2 Å². The first-order chi connectivity index (χ1) is 9.88. The summed E-state index contributed by atoms with van der Waals surface area (Å²) >= 11 is 11.6. The normalized spacial score (nSPS) is 11.1. The van der Waals surface area contributed by atoms with Gasteiger partial charge in [0.1, 0.15) is 5.75 Å². The Morgan fingerprint density at radius 2 is 2.05 bits per heavy atom. The lowest BCUT2D eigenvalue weighted by Gasteiger charge is -2.07. The van der Waals surface area contributed by atoms with E-state index in [9.17, 15) is 9.59 Å². The molecule has 0 aliphatic carbocycles. The van der Waals surface area contributed by atoms with E-state index in [2.05, 4.69) is 10.5 Å². The summed E-state index contributed by atoms with van der Waals surface area (Å²) in [5, 5.41) is 13.0. The third-order valence-corrected chi connectivity index (χ3v) is 2.86. The van der Waals surface area contributed by atoms with Crippen LogP contribution in [0.15, 0.2) is 23.3 Å². The van der Waals surface area contributed by atoms with Gasteiger partial charge in [0.2, 0.25) is 0 Å². The van der Waals surface area contributed by atoms with Gasteiger partial charge < -0.3 is 9.84 Å². The molecule has 0 aliphatic heterocycles. The molecule has 0 saturated carbocycles. The first kappa shape index (κ1) is 17.3. The molecular weight excluding hydrogens is 319 g/mol. The molecule has 0 aliphatic rings. The van der Waals surface area contributed by atoms with Gasteiger partial charge in [-0.25, -0.2) is 5.43 Å². The van der Waals surface area contributed by atoms with Gasteiger partial charge in [0.05, 0.1) is 11.4 Å². The number of carbonyl (C=O) groups is 2. The molecule has 1 amide bonds. The number of carbonyl (C=O) groups excluding carboxylic acids is 1. The first-order valence-electron chi connectivity index (χ1n) is 6.00. The van der Waals surface area contributed by atoms with Crippen LogP contribution in [-0.4, -0.2) is 29.3 Å². The molecule has 0 fully saturated rings. The lowest BCUT2D eigenvalue weighted by atomic mass is 10.2. The molecule has 6 nitrogen and oxygen atoms in total. The molecule has 0 atom stereocenters. The Balaban J connectivity index is 2.40. The van der Waals surface area contributed by atoms with Crippen LogP contribution < -0.4 is 10.2 Å². The summed E-state index contributed by atoms with van der Waals surface area (Å²) < 4.78 is 5.22. The molecule has 0 heterocycles. The highest BCUT2D eigenvalue weighted by atomic mass is 35.5. The van der Waals surface area contributed by atoms with E-state index in [0.717, 1.165) is 0 Å². The van der Waals surface area contributed by atoms with Crippen LogP contribution in [0.3, 0.4) is 0 Å². The summed E-state index contributed by atoms with van der Waals surface area (Å²) in [4.78, 5) is 21.9. The van der Waals surface area contributed by atoms with Gasteiger partial charge >= 0.3 is 5.97 Å². The quantitative estimate of drug-likeness (QED) is 0.593. The van der Waals surface area contributed by atoms with E-state index >= 15 is 0 Å². The number of hydrazone groups is 1. The summed E-state index contributed by atoms with van der Waals surface area (Å²) in [6, 6.07) is 4.65. The van der Waals surface area contributed by atoms with Crippen molar-refractivity contribution < 1.29 is 19.4 Å². The third kappa shape index (κ3) is 6.97. The Hall–Kier alpha value is -1.79. The second-order valence-electron chi connectivity index (χ2n) is 4.14. The number of nitrogens with zero attached hydrogens (tertiary/aromatic N) is 1. The molecule has 0 aromatic heterocycles. The zero-order chi connectivity index (χ0) is 15.8. The highest BCUT2D eigenvalue weighted by Crippen LogP contribution is 2.27. The summed E-state index contributed by atoms with van der Waals surface area (Å²) in [6.07, 6.45) is 0.224. The van der Waals surface area contributed by atoms with Crippen LogP contribution in [0.25, 0.3) is 0 Å². The number of carboxylic acid groups (broad SMARTS) is 1. The fourth-order valence-electron chi connectivity index (χ4n) is 1.27. The van der Waals surface area contributed by atoms with Crippen molar-refractivity contribution in [2.24, 2.45) is 5.10 Å². The number of rotatable bonds is 7.